The Bertz CT molecular complexity index is 1170. The maximum atomic E-state index is 12.3. The van der Waals surface area contributed by atoms with E-state index in [-0.39, 0.29) is 5.91 Å². The van der Waals surface area contributed by atoms with Gasteiger partial charge in [-0.15, -0.1) is 0 Å². The number of nitrogens with one attached hydrogen (secondary N) is 1. The van der Waals surface area contributed by atoms with E-state index in [2.05, 4.69) is 29.6 Å². The highest BCUT2D eigenvalue weighted by Crippen LogP contribution is 2.23. The Morgan fingerprint density at radius 1 is 0.900 bits per heavy atom. The van der Waals surface area contributed by atoms with Crippen LogP contribution in [0.4, 0.5) is 0 Å². The second-order valence-corrected chi connectivity index (χ2v) is 7.14. The Kier molecular flexibility index (Phi) is 5.52. The smallest absolute Gasteiger partial charge is 0.267 e. The van der Waals surface area contributed by atoms with Gasteiger partial charge in [-0.3, -0.25) is 4.79 Å². The van der Waals surface area contributed by atoms with Gasteiger partial charge in [0.2, 0.25) is 0 Å². The molecule has 4 rings (SSSR count). The number of aromatic nitrogens is 2. The van der Waals surface area contributed by atoms with Gasteiger partial charge in [-0.2, -0.15) is 10.2 Å². The van der Waals surface area contributed by atoms with Crippen molar-refractivity contribution in [2.75, 3.05) is 0 Å². The molecule has 0 aliphatic carbocycles. The normalized spacial score (nSPS) is 11.0. The minimum absolute atomic E-state index is 0.251. The van der Waals surface area contributed by atoms with Crippen LogP contribution in [-0.2, 0) is 0 Å². The molecule has 30 heavy (non-hydrogen) atoms. The van der Waals surface area contributed by atoms with E-state index in [4.69, 9.17) is 5.10 Å². The SMILES string of the molecule is Cc1ccc(C(=O)N/N=C\c2cn(-c3ccccc3)nc2-c2ccc(C)cc2)cc1. The predicted octanol–water partition coefficient (Wildman–Crippen LogP) is 4.92. The van der Waals surface area contributed by atoms with Crippen molar-refractivity contribution < 1.29 is 4.79 Å². The van der Waals surface area contributed by atoms with Crippen molar-refractivity contribution in [3.8, 4) is 16.9 Å². The van der Waals surface area contributed by atoms with Gasteiger partial charge in [-0.05, 0) is 38.1 Å². The molecule has 0 saturated heterocycles. The number of hydrazone groups is 1. The van der Waals surface area contributed by atoms with Crippen LogP contribution in [0.15, 0.2) is 90.2 Å². The van der Waals surface area contributed by atoms with Crippen LogP contribution in [0.5, 0.6) is 0 Å². The summed E-state index contributed by atoms with van der Waals surface area (Å²) in [4.78, 5) is 12.3. The number of hydrogen-bond donors (Lipinski definition) is 1. The summed E-state index contributed by atoms with van der Waals surface area (Å²) >= 11 is 0. The first-order valence-corrected chi connectivity index (χ1v) is 9.72. The molecule has 148 valence electrons. The molecule has 4 aromatic rings. The van der Waals surface area contributed by atoms with E-state index >= 15 is 0 Å². The molecular weight excluding hydrogens is 372 g/mol. The van der Waals surface area contributed by atoms with Crippen molar-refractivity contribution in [3.05, 3.63) is 107 Å². The Hall–Kier alpha value is -3.99. The maximum absolute atomic E-state index is 12.3. The fourth-order valence-corrected chi connectivity index (χ4v) is 3.06. The molecule has 0 bridgehead atoms. The van der Waals surface area contributed by atoms with Gasteiger partial charge in [-0.1, -0.05) is 65.7 Å². The first kappa shape index (κ1) is 19.3. The molecule has 0 aliphatic rings. The van der Waals surface area contributed by atoms with E-state index in [1.807, 2.05) is 72.4 Å². The third-order valence-electron chi connectivity index (χ3n) is 4.77. The predicted molar refractivity (Wildman–Crippen MR) is 120 cm³/mol. The highest BCUT2D eigenvalue weighted by molar-refractivity contribution is 5.95. The number of carbonyl (C=O) groups excluding carboxylic acids is 1. The van der Waals surface area contributed by atoms with Gasteiger partial charge in [0.05, 0.1) is 11.9 Å². The summed E-state index contributed by atoms with van der Waals surface area (Å²) in [5.41, 5.74) is 9.00. The summed E-state index contributed by atoms with van der Waals surface area (Å²) in [7, 11) is 0. The number of aryl methyl sites for hydroxylation is 2. The first-order valence-electron chi connectivity index (χ1n) is 9.72. The van der Waals surface area contributed by atoms with Crippen LogP contribution in [0.2, 0.25) is 0 Å². The average molecular weight is 394 g/mol. The van der Waals surface area contributed by atoms with Crippen LogP contribution in [0, 0.1) is 13.8 Å². The van der Waals surface area contributed by atoms with Crippen LogP contribution >= 0.6 is 0 Å². The minimum atomic E-state index is -0.251. The fourth-order valence-electron chi connectivity index (χ4n) is 3.06. The molecular formula is C25H22N4O. The summed E-state index contributed by atoms with van der Waals surface area (Å²) in [6.45, 7) is 4.03. The van der Waals surface area contributed by atoms with Gasteiger partial charge in [-0.25, -0.2) is 10.1 Å². The lowest BCUT2D eigenvalue weighted by atomic mass is 10.1. The zero-order valence-corrected chi connectivity index (χ0v) is 16.9. The number of amides is 1. The Morgan fingerprint density at radius 2 is 1.53 bits per heavy atom. The van der Waals surface area contributed by atoms with Gasteiger partial charge in [0.1, 0.15) is 5.69 Å². The molecule has 0 aliphatic heterocycles. The van der Waals surface area contributed by atoms with E-state index < -0.39 is 0 Å². The highest BCUT2D eigenvalue weighted by atomic mass is 16.2. The van der Waals surface area contributed by atoms with Crippen molar-refractivity contribution in [3.63, 3.8) is 0 Å². The molecule has 0 atom stereocenters. The van der Waals surface area contributed by atoms with Crippen LogP contribution in [0.1, 0.15) is 27.0 Å². The summed E-state index contributed by atoms with van der Waals surface area (Å²) < 4.78 is 1.82. The van der Waals surface area contributed by atoms with Gasteiger partial charge >= 0.3 is 0 Å². The van der Waals surface area contributed by atoms with Crippen molar-refractivity contribution in [1.29, 1.82) is 0 Å². The molecule has 1 heterocycles. The lowest BCUT2D eigenvalue weighted by Crippen LogP contribution is -2.17. The third-order valence-corrected chi connectivity index (χ3v) is 4.77. The lowest BCUT2D eigenvalue weighted by molar-refractivity contribution is 0.0955. The monoisotopic (exact) mass is 394 g/mol. The number of benzene rings is 3. The summed E-state index contributed by atoms with van der Waals surface area (Å²) in [5, 5.41) is 8.93. The molecule has 3 aromatic carbocycles. The van der Waals surface area contributed by atoms with Crippen molar-refractivity contribution >= 4 is 12.1 Å². The molecule has 0 radical (unpaired) electrons. The van der Waals surface area contributed by atoms with Crippen LogP contribution in [0.25, 0.3) is 16.9 Å². The van der Waals surface area contributed by atoms with Gasteiger partial charge in [0, 0.05) is 22.9 Å². The average Bonchev–Trinajstić information content (AvgIpc) is 3.19. The Balaban J connectivity index is 1.63. The quantitative estimate of drug-likeness (QED) is 0.386. The highest BCUT2D eigenvalue weighted by Gasteiger charge is 2.11. The van der Waals surface area contributed by atoms with E-state index in [1.54, 1.807) is 18.3 Å². The zero-order chi connectivity index (χ0) is 20.9. The molecule has 1 N–H and O–H groups in total. The zero-order valence-electron chi connectivity index (χ0n) is 16.9. The number of carbonyl (C=O) groups is 1. The molecule has 5 heteroatoms. The Labute approximate surface area is 175 Å². The van der Waals surface area contributed by atoms with Gasteiger partial charge in [0.25, 0.3) is 5.91 Å². The van der Waals surface area contributed by atoms with Gasteiger partial charge < -0.3 is 0 Å². The molecule has 0 fully saturated rings. The van der Waals surface area contributed by atoms with Crippen LogP contribution in [0.3, 0.4) is 0 Å². The van der Waals surface area contributed by atoms with Crippen molar-refractivity contribution in [2.24, 2.45) is 5.10 Å². The largest absolute Gasteiger partial charge is 0.271 e. The van der Waals surface area contributed by atoms with E-state index in [0.717, 1.165) is 28.1 Å². The first-order chi connectivity index (χ1) is 14.6. The third kappa shape index (κ3) is 4.36. The lowest BCUT2D eigenvalue weighted by Gasteiger charge is -2.01. The minimum Gasteiger partial charge on any atom is -0.267 e. The van der Waals surface area contributed by atoms with Crippen LogP contribution < -0.4 is 5.43 Å². The van der Waals surface area contributed by atoms with Gasteiger partial charge in [0.15, 0.2) is 0 Å². The standard InChI is InChI=1S/C25H22N4O/c1-18-8-12-20(13-9-18)24-22(17-29(28-24)23-6-4-3-5-7-23)16-26-27-25(30)21-14-10-19(2)11-15-21/h3-17H,1-2H3,(H,27,30)/b26-16-. The van der Waals surface area contributed by atoms with E-state index in [1.165, 1.54) is 5.56 Å². The Morgan fingerprint density at radius 3 is 2.20 bits per heavy atom. The number of para-hydroxylation sites is 1. The van der Waals surface area contributed by atoms with Crippen molar-refractivity contribution in [1.82, 2.24) is 15.2 Å². The second-order valence-electron chi connectivity index (χ2n) is 7.14. The molecule has 0 spiro atoms. The number of nitrogens with zero attached hydrogens (tertiary/aromatic N) is 3. The fraction of sp³-hybridized carbons (Fsp3) is 0.0800. The number of rotatable bonds is 5. The molecule has 0 saturated carbocycles. The molecule has 1 amide bonds. The molecule has 1 aromatic heterocycles. The van der Waals surface area contributed by atoms with Crippen molar-refractivity contribution in [2.45, 2.75) is 13.8 Å². The maximum Gasteiger partial charge on any atom is 0.271 e. The summed E-state index contributed by atoms with van der Waals surface area (Å²) in [5.74, 6) is -0.251. The van der Waals surface area contributed by atoms with E-state index in [9.17, 15) is 4.79 Å². The topological polar surface area (TPSA) is 59.3 Å². The summed E-state index contributed by atoms with van der Waals surface area (Å²) in [6, 6.07) is 25.4. The molecule has 0 unspecified atom stereocenters. The molecule has 5 nitrogen and oxygen atoms in total. The summed E-state index contributed by atoms with van der Waals surface area (Å²) in [6.07, 6.45) is 3.54. The second kappa shape index (κ2) is 8.57. The van der Waals surface area contributed by atoms with E-state index in [0.29, 0.717) is 5.56 Å². The number of hydrogen-bond acceptors (Lipinski definition) is 3. The van der Waals surface area contributed by atoms with Crippen LogP contribution in [-0.4, -0.2) is 21.9 Å².